The van der Waals surface area contributed by atoms with E-state index in [-0.39, 0.29) is 54.9 Å². The molecule has 0 unspecified atom stereocenters. The van der Waals surface area contributed by atoms with Crippen LogP contribution < -0.4 is 34.9 Å². The molecule has 1 amide bonds. The first-order chi connectivity index (χ1) is 17.5. The van der Waals surface area contributed by atoms with Crippen LogP contribution in [-0.4, -0.2) is 49.2 Å². The third kappa shape index (κ3) is 8.61. The van der Waals surface area contributed by atoms with Crippen molar-refractivity contribution in [3.8, 4) is 5.69 Å². The minimum Gasteiger partial charge on any atom is -1.00 e. The maximum absolute atomic E-state index is 13.6. The zero-order valence-electron chi connectivity index (χ0n) is 23.1. The standard InChI is InChI=1S/C28H32FN3O5.Na.H/c1-17(2)26-24(13-12-22(33)14-23(34)15-25(35)36)32(21-10-8-20(29)9-11-21)31-27(26)28(37)30-16-19-6-4-18(3)5-7-19;;/h4-13,17,22-23,33-34H,14-16H2,1-3H3,(H,30,37)(H,35,36);;/q;+1;-1/b13-12+;;/t22-,23+;;/m0../s1. The second-order valence-electron chi connectivity index (χ2n) is 9.27. The van der Waals surface area contributed by atoms with Gasteiger partial charge in [-0.2, -0.15) is 5.10 Å². The summed E-state index contributed by atoms with van der Waals surface area (Å²) in [5.74, 6) is -2.10. The predicted molar refractivity (Wildman–Crippen MR) is 139 cm³/mol. The molecular weight excluding hydrogens is 500 g/mol. The molecule has 8 nitrogen and oxygen atoms in total. The second-order valence-corrected chi connectivity index (χ2v) is 9.27. The van der Waals surface area contributed by atoms with E-state index in [9.17, 15) is 24.2 Å². The van der Waals surface area contributed by atoms with Crippen molar-refractivity contribution in [2.45, 2.75) is 58.3 Å². The van der Waals surface area contributed by atoms with Crippen LogP contribution in [0.25, 0.3) is 11.8 Å². The Bertz CT molecular complexity index is 1260. The Labute approximate surface area is 245 Å². The normalized spacial score (nSPS) is 12.8. The number of carbonyl (C=O) groups excluding carboxylic acids is 1. The summed E-state index contributed by atoms with van der Waals surface area (Å²) in [6, 6.07) is 13.4. The van der Waals surface area contributed by atoms with Gasteiger partial charge < -0.3 is 22.1 Å². The molecule has 38 heavy (non-hydrogen) atoms. The molecule has 0 bridgehead atoms. The minimum atomic E-state index is -1.22. The minimum absolute atomic E-state index is 0. The van der Waals surface area contributed by atoms with E-state index in [0.29, 0.717) is 23.5 Å². The number of aliphatic hydroxyl groups is 2. The number of carboxylic acids is 1. The second kappa shape index (κ2) is 14.4. The van der Waals surface area contributed by atoms with E-state index >= 15 is 0 Å². The van der Waals surface area contributed by atoms with Crippen LogP contribution in [0.3, 0.4) is 0 Å². The van der Waals surface area contributed by atoms with Gasteiger partial charge in [0.15, 0.2) is 5.69 Å². The third-order valence-corrected chi connectivity index (χ3v) is 5.80. The zero-order chi connectivity index (χ0) is 27.1. The maximum Gasteiger partial charge on any atom is 1.00 e. The van der Waals surface area contributed by atoms with Crippen LogP contribution in [0, 0.1) is 12.7 Å². The Morgan fingerprint density at radius 3 is 2.32 bits per heavy atom. The summed E-state index contributed by atoms with van der Waals surface area (Å²) in [6.45, 7) is 6.12. The molecule has 2 aromatic carbocycles. The van der Waals surface area contributed by atoms with Crippen LogP contribution in [0.1, 0.15) is 66.9 Å². The molecule has 0 aliphatic rings. The van der Waals surface area contributed by atoms with Gasteiger partial charge in [-0.3, -0.25) is 9.59 Å². The van der Waals surface area contributed by atoms with Crippen LogP contribution >= 0.6 is 0 Å². The van der Waals surface area contributed by atoms with E-state index in [1.54, 1.807) is 6.08 Å². The predicted octanol–water partition coefficient (Wildman–Crippen LogP) is 1.09. The molecule has 0 saturated heterocycles. The first-order valence-corrected chi connectivity index (χ1v) is 12.0. The van der Waals surface area contributed by atoms with Crippen LogP contribution in [0.5, 0.6) is 0 Å². The summed E-state index contributed by atoms with van der Waals surface area (Å²) in [7, 11) is 0. The van der Waals surface area contributed by atoms with Crippen molar-refractivity contribution in [3.63, 3.8) is 0 Å². The number of hydrogen-bond acceptors (Lipinski definition) is 5. The molecule has 1 aromatic heterocycles. The summed E-state index contributed by atoms with van der Waals surface area (Å²) in [4.78, 5) is 24.0. The fraction of sp³-hybridized carbons (Fsp3) is 0.321. The van der Waals surface area contributed by atoms with Gasteiger partial charge in [0.05, 0.1) is 30.0 Å². The molecule has 0 aliphatic carbocycles. The van der Waals surface area contributed by atoms with Crippen molar-refractivity contribution in [1.82, 2.24) is 15.1 Å². The fourth-order valence-corrected chi connectivity index (χ4v) is 3.94. The van der Waals surface area contributed by atoms with Crippen LogP contribution in [-0.2, 0) is 11.3 Å². The van der Waals surface area contributed by atoms with Crippen molar-refractivity contribution in [3.05, 3.63) is 88.5 Å². The molecule has 0 aliphatic heterocycles. The van der Waals surface area contributed by atoms with Crippen molar-refractivity contribution in [2.75, 3.05) is 0 Å². The number of carbonyl (C=O) groups is 2. The van der Waals surface area contributed by atoms with Gasteiger partial charge >= 0.3 is 35.5 Å². The van der Waals surface area contributed by atoms with Gasteiger partial charge in [-0.05, 0) is 48.7 Å². The summed E-state index contributed by atoms with van der Waals surface area (Å²) in [5.41, 5.74) is 3.90. The van der Waals surface area contributed by atoms with E-state index in [1.165, 1.54) is 35.0 Å². The van der Waals surface area contributed by atoms with Crippen LogP contribution in [0.2, 0.25) is 0 Å². The van der Waals surface area contributed by atoms with Crippen molar-refractivity contribution in [2.24, 2.45) is 0 Å². The number of halogens is 1. The van der Waals surface area contributed by atoms with E-state index in [2.05, 4.69) is 10.4 Å². The molecule has 4 N–H and O–H groups in total. The summed E-state index contributed by atoms with van der Waals surface area (Å²) < 4.78 is 15.1. The van der Waals surface area contributed by atoms with Gasteiger partial charge in [0, 0.05) is 18.5 Å². The number of nitrogens with zero attached hydrogens (tertiary/aromatic N) is 2. The molecule has 0 fully saturated rings. The molecule has 3 aromatic rings. The molecule has 1 heterocycles. The number of amides is 1. The van der Waals surface area contributed by atoms with Crippen LogP contribution in [0.15, 0.2) is 54.6 Å². The molecule has 10 heteroatoms. The number of aryl methyl sites for hydroxylation is 1. The van der Waals surface area contributed by atoms with Gasteiger partial charge in [-0.15, -0.1) is 0 Å². The van der Waals surface area contributed by atoms with E-state index in [1.807, 2.05) is 45.0 Å². The van der Waals surface area contributed by atoms with E-state index in [0.717, 1.165) is 11.1 Å². The van der Waals surface area contributed by atoms with E-state index < -0.39 is 30.4 Å². The molecule has 2 atom stereocenters. The smallest absolute Gasteiger partial charge is 1.00 e. The topological polar surface area (TPSA) is 125 Å². The van der Waals surface area contributed by atoms with Crippen molar-refractivity contribution in [1.29, 1.82) is 0 Å². The number of aliphatic carboxylic acids is 1. The van der Waals surface area contributed by atoms with Crippen molar-refractivity contribution < 1.29 is 60.3 Å². The summed E-state index contributed by atoms with van der Waals surface area (Å²) in [6.07, 6.45) is -0.00523. The number of hydrogen-bond donors (Lipinski definition) is 4. The van der Waals surface area contributed by atoms with Gasteiger partial charge in [0.25, 0.3) is 5.91 Å². The Morgan fingerprint density at radius 1 is 1.11 bits per heavy atom. The Balaban J connectivity index is 0.00000380. The average molecular weight is 534 g/mol. The SMILES string of the molecule is Cc1ccc(CNC(=O)c2nn(-c3ccc(F)cc3)c(/C=C/[C@H](O)C[C@@H](O)CC(=O)O)c2C(C)C)cc1.[H-].[Na+]. The van der Waals surface area contributed by atoms with Gasteiger partial charge in [-0.25, -0.2) is 9.07 Å². The summed E-state index contributed by atoms with van der Waals surface area (Å²) in [5, 5.41) is 36.5. The number of aromatic nitrogens is 2. The first kappa shape index (κ1) is 31.4. The average Bonchev–Trinajstić information content (AvgIpc) is 3.22. The number of carboxylic acid groups (broad SMARTS) is 1. The molecule has 198 valence electrons. The third-order valence-electron chi connectivity index (χ3n) is 5.80. The number of benzene rings is 2. The molecular formula is C28H33FN3NaO5. The molecule has 0 saturated carbocycles. The molecule has 0 spiro atoms. The van der Waals surface area contributed by atoms with E-state index in [4.69, 9.17) is 5.11 Å². The Hall–Kier alpha value is -2.82. The quantitative estimate of drug-likeness (QED) is 0.274. The summed E-state index contributed by atoms with van der Waals surface area (Å²) >= 11 is 0. The zero-order valence-corrected chi connectivity index (χ0v) is 24.1. The number of nitrogens with one attached hydrogen (secondary N) is 1. The first-order valence-electron chi connectivity index (χ1n) is 12.0. The fourth-order valence-electron chi connectivity index (χ4n) is 3.94. The van der Waals surface area contributed by atoms with Gasteiger partial charge in [-0.1, -0.05) is 49.8 Å². The molecule has 0 radical (unpaired) electrons. The number of rotatable bonds is 11. The van der Waals surface area contributed by atoms with Gasteiger partial charge in [0.2, 0.25) is 0 Å². The Kier molecular flexibility index (Phi) is 11.9. The number of aliphatic hydroxyl groups excluding tert-OH is 2. The Morgan fingerprint density at radius 2 is 1.74 bits per heavy atom. The van der Waals surface area contributed by atoms with Gasteiger partial charge in [0.1, 0.15) is 5.82 Å². The van der Waals surface area contributed by atoms with Crippen LogP contribution in [0.4, 0.5) is 4.39 Å². The largest absolute Gasteiger partial charge is 1.00 e. The van der Waals surface area contributed by atoms with Crippen molar-refractivity contribution >= 4 is 18.0 Å². The monoisotopic (exact) mass is 533 g/mol. The maximum atomic E-state index is 13.6. The molecule has 3 rings (SSSR count).